The highest BCUT2D eigenvalue weighted by atomic mass is 35.5. The van der Waals surface area contributed by atoms with E-state index >= 15 is 0 Å². The second kappa shape index (κ2) is 2.96. The van der Waals surface area contributed by atoms with Gasteiger partial charge in [-0.15, -0.1) is 10.2 Å². The number of aromatic nitrogens is 3. The Labute approximate surface area is 88.5 Å². The third-order valence-electron chi connectivity index (χ3n) is 3.37. The number of rotatable bonds is 3. The number of nitrogens with zero attached hydrogens (tertiary/aromatic N) is 3. The Hall–Kier alpha value is -0.570. The van der Waals surface area contributed by atoms with Crippen LogP contribution in [0.5, 0.6) is 0 Å². The average Bonchev–Trinajstić information content (AvgIpc) is 3.03. The third-order valence-corrected chi connectivity index (χ3v) is 3.65. The normalized spacial score (nSPS) is 30.7. The smallest absolute Gasteiger partial charge is 0.225 e. The van der Waals surface area contributed by atoms with Crippen LogP contribution < -0.4 is 0 Å². The quantitative estimate of drug-likeness (QED) is 0.769. The summed E-state index contributed by atoms with van der Waals surface area (Å²) >= 11 is 6.03. The second-order valence-electron chi connectivity index (χ2n) is 4.69. The van der Waals surface area contributed by atoms with Gasteiger partial charge in [0.1, 0.15) is 5.82 Å². The Morgan fingerprint density at radius 1 is 1.43 bits per heavy atom. The Kier molecular flexibility index (Phi) is 1.84. The van der Waals surface area contributed by atoms with Crippen molar-refractivity contribution in [1.29, 1.82) is 0 Å². The topological polar surface area (TPSA) is 30.7 Å². The lowest BCUT2D eigenvalue weighted by Crippen LogP contribution is -2.05. The minimum Gasteiger partial charge on any atom is -0.301 e. The van der Waals surface area contributed by atoms with Crippen molar-refractivity contribution >= 4 is 11.6 Å². The predicted octanol–water partition coefficient (Wildman–Crippen LogP) is 2.46. The summed E-state index contributed by atoms with van der Waals surface area (Å²) in [4.78, 5) is 0. The van der Waals surface area contributed by atoms with Gasteiger partial charge in [-0.2, -0.15) is 0 Å². The van der Waals surface area contributed by atoms with E-state index in [9.17, 15) is 0 Å². The molecule has 3 nitrogen and oxygen atoms in total. The minimum absolute atomic E-state index is 0.575. The molecule has 2 aliphatic carbocycles. The van der Waals surface area contributed by atoms with Crippen LogP contribution in [0.4, 0.5) is 0 Å². The maximum atomic E-state index is 6.03. The first kappa shape index (κ1) is 8.72. The highest BCUT2D eigenvalue weighted by molar-refractivity contribution is 6.28. The Balaban J connectivity index is 1.82. The lowest BCUT2D eigenvalue weighted by molar-refractivity contribution is 0.570. The molecular weight excluding hydrogens is 198 g/mol. The van der Waals surface area contributed by atoms with Gasteiger partial charge in [0, 0.05) is 12.5 Å². The van der Waals surface area contributed by atoms with E-state index in [1.807, 2.05) is 0 Å². The summed E-state index contributed by atoms with van der Waals surface area (Å²) < 4.78 is 2.12. The summed E-state index contributed by atoms with van der Waals surface area (Å²) in [6.07, 6.45) is 3.85. The highest BCUT2D eigenvalue weighted by Gasteiger charge is 2.36. The van der Waals surface area contributed by atoms with Crippen LogP contribution >= 0.6 is 11.6 Å². The van der Waals surface area contributed by atoms with E-state index in [0.717, 1.165) is 24.2 Å². The van der Waals surface area contributed by atoms with Gasteiger partial charge in [0.05, 0.1) is 0 Å². The largest absolute Gasteiger partial charge is 0.301 e. The summed E-state index contributed by atoms with van der Waals surface area (Å²) in [5, 5.41) is 8.70. The monoisotopic (exact) mass is 211 g/mol. The zero-order chi connectivity index (χ0) is 9.71. The Morgan fingerprint density at radius 2 is 2.14 bits per heavy atom. The van der Waals surface area contributed by atoms with E-state index in [-0.39, 0.29) is 0 Å². The number of hydrogen-bond donors (Lipinski definition) is 0. The lowest BCUT2D eigenvalue weighted by Gasteiger charge is -2.05. The summed E-state index contributed by atoms with van der Waals surface area (Å²) in [6, 6.07) is 0. The first-order valence-corrected chi connectivity index (χ1v) is 5.72. The van der Waals surface area contributed by atoms with Gasteiger partial charge in [-0.05, 0) is 42.7 Å². The molecule has 3 rings (SSSR count). The molecule has 1 aromatic heterocycles. The van der Waals surface area contributed by atoms with Crippen molar-refractivity contribution in [3.63, 3.8) is 0 Å². The summed E-state index contributed by atoms with van der Waals surface area (Å²) in [5.74, 6) is 3.43. The number of halogens is 1. The first-order chi connectivity index (χ1) is 6.75. The van der Waals surface area contributed by atoms with Crippen molar-refractivity contribution < 1.29 is 0 Å². The second-order valence-corrected chi connectivity index (χ2v) is 5.02. The minimum atomic E-state index is 0.575. The molecule has 2 fully saturated rings. The van der Waals surface area contributed by atoms with Gasteiger partial charge in [-0.25, -0.2) is 0 Å². The molecule has 4 heteroatoms. The average molecular weight is 212 g/mol. The number of hydrogen-bond acceptors (Lipinski definition) is 2. The maximum Gasteiger partial charge on any atom is 0.225 e. The lowest BCUT2D eigenvalue weighted by atomic mass is 10.3. The van der Waals surface area contributed by atoms with Crippen LogP contribution in [0, 0.1) is 11.8 Å². The molecule has 76 valence electrons. The molecule has 14 heavy (non-hydrogen) atoms. The molecular formula is C10H14ClN3. The molecule has 2 aliphatic rings. The summed E-state index contributed by atoms with van der Waals surface area (Å²) in [6.45, 7) is 3.32. The van der Waals surface area contributed by atoms with Gasteiger partial charge in [-0.3, -0.25) is 0 Å². The third kappa shape index (κ3) is 1.44. The van der Waals surface area contributed by atoms with E-state index in [2.05, 4.69) is 21.7 Å². The molecule has 1 heterocycles. The van der Waals surface area contributed by atoms with Gasteiger partial charge < -0.3 is 4.57 Å². The fourth-order valence-electron chi connectivity index (χ4n) is 2.00. The van der Waals surface area contributed by atoms with Crippen LogP contribution in [0.2, 0.25) is 5.28 Å². The van der Waals surface area contributed by atoms with Crippen LogP contribution in [0.1, 0.15) is 37.9 Å². The molecule has 0 amide bonds. The molecule has 2 unspecified atom stereocenters. The van der Waals surface area contributed by atoms with Crippen LogP contribution in [0.3, 0.4) is 0 Å². The van der Waals surface area contributed by atoms with Crippen LogP contribution in [-0.4, -0.2) is 14.8 Å². The SMILES string of the molecule is CC1CC1Cn1c(Cl)nnc1C1CC1. The molecule has 0 aromatic carbocycles. The van der Waals surface area contributed by atoms with Gasteiger partial charge in [0.25, 0.3) is 0 Å². The Morgan fingerprint density at radius 3 is 2.71 bits per heavy atom. The van der Waals surface area contributed by atoms with Crippen LogP contribution in [0.15, 0.2) is 0 Å². The van der Waals surface area contributed by atoms with E-state index in [1.54, 1.807) is 0 Å². The molecule has 2 atom stereocenters. The van der Waals surface area contributed by atoms with E-state index in [4.69, 9.17) is 11.6 Å². The van der Waals surface area contributed by atoms with E-state index < -0.39 is 0 Å². The standard InChI is InChI=1S/C10H14ClN3/c1-6-4-8(6)5-14-9(7-2-3-7)12-13-10(14)11/h6-8H,2-5H2,1H3. The zero-order valence-corrected chi connectivity index (χ0v) is 9.04. The molecule has 0 spiro atoms. The maximum absolute atomic E-state index is 6.03. The van der Waals surface area contributed by atoms with Gasteiger partial charge in [-0.1, -0.05) is 6.92 Å². The van der Waals surface area contributed by atoms with Crippen LogP contribution in [-0.2, 0) is 6.54 Å². The van der Waals surface area contributed by atoms with E-state index in [0.29, 0.717) is 11.2 Å². The summed E-state index contributed by atoms with van der Waals surface area (Å²) in [7, 11) is 0. The molecule has 1 aromatic rings. The van der Waals surface area contributed by atoms with Crippen molar-refractivity contribution in [1.82, 2.24) is 14.8 Å². The fraction of sp³-hybridized carbons (Fsp3) is 0.800. The van der Waals surface area contributed by atoms with Gasteiger partial charge >= 0.3 is 0 Å². The van der Waals surface area contributed by atoms with Crippen molar-refractivity contribution in [2.45, 2.75) is 38.6 Å². The molecule has 0 bridgehead atoms. The van der Waals surface area contributed by atoms with Crippen molar-refractivity contribution in [2.75, 3.05) is 0 Å². The van der Waals surface area contributed by atoms with Crippen LogP contribution in [0.25, 0.3) is 0 Å². The van der Waals surface area contributed by atoms with Crippen molar-refractivity contribution in [2.24, 2.45) is 11.8 Å². The summed E-state index contributed by atoms with van der Waals surface area (Å²) in [5.41, 5.74) is 0. The van der Waals surface area contributed by atoms with Gasteiger partial charge in [0.15, 0.2) is 0 Å². The molecule has 0 radical (unpaired) electrons. The molecule has 0 N–H and O–H groups in total. The fourth-order valence-corrected chi connectivity index (χ4v) is 2.19. The first-order valence-electron chi connectivity index (χ1n) is 5.34. The van der Waals surface area contributed by atoms with Crippen molar-refractivity contribution in [3.05, 3.63) is 11.1 Å². The zero-order valence-electron chi connectivity index (χ0n) is 8.28. The highest BCUT2D eigenvalue weighted by Crippen LogP contribution is 2.43. The predicted molar refractivity (Wildman–Crippen MR) is 54.3 cm³/mol. The Bertz CT molecular complexity index is 356. The molecule has 0 saturated heterocycles. The molecule has 0 aliphatic heterocycles. The van der Waals surface area contributed by atoms with Gasteiger partial charge in [0.2, 0.25) is 5.28 Å². The van der Waals surface area contributed by atoms with Crippen molar-refractivity contribution in [3.8, 4) is 0 Å². The van der Waals surface area contributed by atoms with E-state index in [1.165, 1.54) is 19.3 Å². The molecule has 2 saturated carbocycles.